The summed E-state index contributed by atoms with van der Waals surface area (Å²) in [6, 6.07) is 16.8. The number of halogens is 7. The predicted molar refractivity (Wildman–Crippen MR) is 137 cm³/mol. The molecule has 5 rings (SSSR count). The fourth-order valence-electron chi connectivity index (χ4n) is 6.05. The maximum Gasteiger partial charge on any atom is 0.430 e. The highest BCUT2D eigenvalue weighted by Gasteiger charge is 2.71. The van der Waals surface area contributed by atoms with Crippen molar-refractivity contribution in [2.24, 2.45) is 0 Å². The van der Waals surface area contributed by atoms with Crippen LogP contribution in [0.3, 0.4) is 0 Å². The van der Waals surface area contributed by atoms with Crippen LogP contribution in [0.25, 0.3) is 11.1 Å². The van der Waals surface area contributed by atoms with E-state index < -0.39 is 23.5 Å². The summed E-state index contributed by atoms with van der Waals surface area (Å²) in [5, 5.41) is 9.63. The van der Waals surface area contributed by atoms with E-state index in [1.165, 1.54) is 12.1 Å². The number of rotatable bonds is 6. The molecule has 0 radical (unpaired) electrons. The second-order valence-corrected chi connectivity index (χ2v) is 10.8. The molecule has 0 spiro atoms. The van der Waals surface area contributed by atoms with Crippen LogP contribution in [0.1, 0.15) is 35.1 Å². The van der Waals surface area contributed by atoms with Gasteiger partial charge in [-0.15, -0.1) is 0 Å². The first kappa shape index (κ1) is 28.6. The average Bonchev–Trinajstić information content (AvgIpc) is 3.10. The van der Waals surface area contributed by atoms with Crippen molar-refractivity contribution in [3.05, 3.63) is 94.8 Å². The van der Waals surface area contributed by atoms with Crippen molar-refractivity contribution >= 4 is 0 Å². The normalized spacial score (nSPS) is 20.7. The van der Waals surface area contributed by atoms with Gasteiger partial charge in [0.15, 0.2) is 0 Å². The lowest BCUT2D eigenvalue weighted by molar-refractivity contribution is -0.376. The van der Waals surface area contributed by atoms with E-state index >= 15 is 0 Å². The lowest BCUT2D eigenvalue weighted by Gasteiger charge is -2.41. The Labute approximate surface area is 227 Å². The van der Waals surface area contributed by atoms with Crippen LogP contribution in [-0.4, -0.2) is 52.4 Å². The molecule has 0 saturated carbocycles. The zero-order chi connectivity index (χ0) is 28.9. The molecule has 3 nitrogen and oxygen atoms in total. The predicted octanol–water partition coefficient (Wildman–Crippen LogP) is 6.96. The molecule has 0 amide bonds. The molecule has 2 aliphatic rings. The maximum absolute atomic E-state index is 13.3. The van der Waals surface area contributed by atoms with Gasteiger partial charge in [0.05, 0.1) is 0 Å². The van der Waals surface area contributed by atoms with E-state index in [-0.39, 0.29) is 5.82 Å². The summed E-state index contributed by atoms with van der Waals surface area (Å²) >= 11 is 0. The molecule has 0 aliphatic carbocycles. The molecule has 2 fully saturated rings. The number of hydrogen-bond acceptors (Lipinski definition) is 3. The van der Waals surface area contributed by atoms with Gasteiger partial charge in [-0.1, -0.05) is 54.6 Å². The van der Waals surface area contributed by atoms with Crippen LogP contribution in [0.5, 0.6) is 0 Å². The van der Waals surface area contributed by atoms with E-state index in [1.807, 2.05) is 37.3 Å². The highest BCUT2D eigenvalue weighted by Crippen LogP contribution is 2.50. The standard InChI is InChI=1S/C30H29F7N2O/c1-19-14-21(15-38-17-25-11-12-26(18-38)39(25)16-20-2-9-24(31)10-3-20)4-13-27(19)22-5-7-23(8-6-22)28(40,29(32,33)34)30(35,36)37/h2-10,13-14,25-26,40H,11-12,15-18H2,1H3. The number of nitrogens with zero attached hydrogens (tertiary/aromatic N) is 2. The summed E-state index contributed by atoms with van der Waals surface area (Å²) in [4.78, 5) is 4.90. The fourth-order valence-corrected chi connectivity index (χ4v) is 6.05. The third-order valence-corrected chi connectivity index (χ3v) is 8.12. The highest BCUT2D eigenvalue weighted by molar-refractivity contribution is 5.68. The van der Waals surface area contributed by atoms with Gasteiger partial charge < -0.3 is 5.11 Å². The first-order chi connectivity index (χ1) is 18.8. The number of aryl methyl sites for hydroxylation is 1. The van der Waals surface area contributed by atoms with Gasteiger partial charge in [-0.3, -0.25) is 9.80 Å². The van der Waals surface area contributed by atoms with Crippen molar-refractivity contribution in [3.63, 3.8) is 0 Å². The molecule has 2 bridgehead atoms. The molecule has 214 valence electrons. The van der Waals surface area contributed by atoms with E-state index in [0.29, 0.717) is 35.3 Å². The van der Waals surface area contributed by atoms with Crippen molar-refractivity contribution in [2.45, 2.75) is 62.9 Å². The van der Waals surface area contributed by atoms with Crippen LogP contribution in [0.4, 0.5) is 30.7 Å². The lowest BCUT2D eigenvalue weighted by Crippen LogP contribution is -2.53. The smallest absolute Gasteiger partial charge is 0.369 e. The number of benzene rings is 3. The van der Waals surface area contributed by atoms with Crippen LogP contribution >= 0.6 is 0 Å². The zero-order valence-electron chi connectivity index (χ0n) is 21.7. The van der Waals surface area contributed by atoms with Gasteiger partial charge in [0.2, 0.25) is 0 Å². The largest absolute Gasteiger partial charge is 0.430 e. The van der Waals surface area contributed by atoms with Gasteiger partial charge in [-0.2, -0.15) is 26.3 Å². The third kappa shape index (κ3) is 5.36. The molecule has 0 aromatic heterocycles. The van der Waals surface area contributed by atoms with Crippen LogP contribution in [0.15, 0.2) is 66.7 Å². The molecular weight excluding hydrogens is 537 g/mol. The van der Waals surface area contributed by atoms with Gasteiger partial charge in [-0.05, 0) is 59.7 Å². The van der Waals surface area contributed by atoms with Crippen molar-refractivity contribution in [2.75, 3.05) is 13.1 Å². The summed E-state index contributed by atoms with van der Waals surface area (Å²) < 4.78 is 92.5. The van der Waals surface area contributed by atoms with Crippen molar-refractivity contribution in [1.82, 2.24) is 9.80 Å². The maximum atomic E-state index is 13.3. The third-order valence-electron chi connectivity index (χ3n) is 8.12. The number of hydrogen-bond donors (Lipinski definition) is 1. The first-order valence-electron chi connectivity index (χ1n) is 13.0. The van der Waals surface area contributed by atoms with Gasteiger partial charge in [0.1, 0.15) is 5.82 Å². The van der Waals surface area contributed by atoms with Gasteiger partial charge in [0, 0.05) is 43.8 Å². The molecular formula is C30H29F7N2O. The number of likely N-dealkylation sites (tertiary alicyclic amines) is 1. The topological polar surface area (TPSA) is 26.7 Å². The van der Waals surface area contributed by atoms with Crippen molar-refractivity contribution in [1.29, 1.82) is 0 Å². The van der Waals surface area contributed by atoms with E-state index in [0.717, 1.165) is 67.8 Å². The minimum atomic E-state index is -5.92. The highest BCUT2D eigenvalue weighted by atomic mass is 19.4. The minimum absolute atomic E-state index is 0.245. The molecule has 2 unspecified atom stereocenters. The van der Waals surface area contributed by atoms with Gasteiger partial charge in [-0.25, -0.2) is 4.39 Å². The fraction of sp³-hybridized carbons (Fsp3) is 0.400. The van der Waals surface area contributed by atoms with E-state index in [4.69, 9.17) is 0 Å². The Bertz CT molecular complexity index is 1310. The number of piperazine rings is 1. The molecule has 2 heterocycles. The molecule has 2 atom stereocenters. The van der Waals surface area contributed by atoms with Crippen LogP contribution in [0.2, 0.25) is 0 Å². The average molecular weight is 567 g/mol. The zero-order valence-corrected chi connectivity index (χ0v) is 21.7. The molecule has 3 aromatic rings. The minimum Gasteiger partial charge on any atom is -0.369 e. The van der Waals surface area contributed by atoms with Crippen molar-refractivity contribution in [3.8, 4) is 11.1 Å². The quantitative estimate of drug-likeness (QED) is 0.327. The van der Waals surface area contributed by atoms with Crippen LogP contribution in [0, 0.1) is 12.7 Å². The first-order valence-corrected chi connectivity index (χ1v) is 13.0. The van der Waals surface area contributed by atoms with E-state index in [2.05, 4.69) is 9.80 Å². The monoisotopic (exact) mass is 566 g/mol. The molecule has 3 aromatic carbocycles. The second-order valence-electron chi connectivity index (χ2n) is 10.8. The molecule has 40 heavy (non-hydrogen) atoms. The Morgan fingerprint density at radius 1 is 0.750 bits per heavy atom. The van der Waals surface area contributed by atoms with E-state index in [1.54, 1.807) is 0 Å². The summed E-state index contributed by atoms with van der Waals surface area (Å²) in [7, 11) is 0. The molecule has 10 heteroatoms. The Kier molecular flexibility index (Phi) is 7.48. The molecule has 1 N–H and O–H groups in total. The van der Waals surface area contributed by atoms with Crippen molar-refractivity contribution < 1.29 is 35.8 Å². The summed E-state index contributed by atoms with van der Waals surface area (Å²) in [6.45, 7) is 5.17. The Balaban J connectivity index is 1.26. The molecule has 2 aliphatic heterocycles. The summed E-state index contributed by atoms with van der Waals surface area (Å²) in [5.74, 6) is -0.245. The summed E-state index contributed by atoms with van der Waals surface area (Å²) in [5.41, 5.74) is -2.10. The Hall–Kier alpha value is -2.95. The SMILES string of the molecule is Cc1cc(CN2CC3CCC(C2)N3Cc2ccc(F)cc2)ccc1-c1ccc(C(O)(C(F)(F)F)C(F)(F)F)cc1. The number of alkyl halides is 6. The van der Waals surface area contributed by atoms with E-state index in [9.17, 15) is 35.8 Å². The second kappa shape index (κ2) is 10.5. The number of aliphatic hydroxyl groups is 1. The lowest BCUT2D eigenvalue weighted by atomic mass is 9.90. The van der Waals surface area contributed by atoms with Gasteiger partial charge >= 0.3 is 12.4 Å². The molecule has 2 saturated heterocycles. The van der Waals surface area contributed by atoms with Gasteiger partial charge in [0.25, 0.3) is 5.60 Å². The van der Waals surface area contributed by atoms with Crippen LogP contribution < -0.4 is 0 Å². The summed E-state index contributed by atoms with van der Waals surface area (Å²) in [6.07, 6.45) is -9.63. The number of fused-ring (bicyclic) bond motifs is 2. The Morgan fingerprint density at radius 2 is 1.30 bits per heavy atom. The van der Waals surface area contributed by atoms with Crippen LogP contribution in [-0.2, 0) is 18.7 Å². The Morgan fingerprint density at radius 3 is 1.82 bits per heavy atom.